The highest BCUT2D eigenvalue weighted by molar-refractivity contribution is 5.94. The van der Waals surface area contributed by atoms with E-state index < -0.39 is 0 Å². The Hall–Kier alpha value is -1.51. The Morgan fingerprint density at radius 2 is 1.81 bits per heavy atom. The first kappa shape index (κ1) is 12.6. The molecule has 0 aromatic heterocycles. The van der Waals surface area contributed by atoms with Gasteiger partial charge in [-0.1, -0.05) is 13.8 Å². The minimum absolute atomic E-state index is 0.0374. The van der Waals surface area contributed by atoms with Crippen molar-refractivity contribution < 1.29 is 4.79 Å². The van der Waals surface area contributed by atoms with E-state index in [0.717, 1.165) is 17.8 Å². The number of carbonyl (C=O) groups is 1. The fraction of sp³-hybridized carbons (Fsp3) is 0.462. The normalized spacial score (nSPS) is 10.3. The lowest BCUT2D eigenvalue weighted by Gasteiger charge is -2.12. The molecule has 1 N–H and O–H groups in total. The van der Waals surface area contributed by atoms with Crippen LogP contribution in [0.15, 0.2) is 24.3 Å². The molecule has 16 heavy (non-hydrogen) atoms. The third-order valence-electron chi connectivity index (χ3n) is 2.25. The van der Waals surface area contributed by atoms with E-state index in [9.17, 15) is 4.79 Å². The summed E-state index contributed by atoms with van der Waals surface area (Å²) in [6.07, 6.45) is 0. The number of anilines is 1. The van der Waals surface area contributed by atoms with Crippen LogP contribution in [0.2, 0.25) is 0 Å². The van der Waals surface area contributed by atoms with Crippen LogP contribution < -0.4 is 5.32 Å². The fourth-order valence-corrected chi connectivity index (χ4v) is 1.31. The van der Waals surface area contributed by atoms with Crippen LogP contribution in [0.3, 0.4) is 0 Å². The topological polar surface area (TPSA) is 32.3 Å². The molecule has 0 saturated carbocycles. The van der Waals surface area contributed by atoms with Crippen molar-refractivity contribution in [3.05, 3.63) is 29.8 Å². The molecule has 1 amide bonds. The Labute approximate surface area is 97.5 Å². The van der Waals surface area contributed by atoms with Crippen LogP contribution >= 0.6 is 0 Å². The zero-order valence-corrected chi connectivity index (χ0v) is 10.4. The molecule has 88 valence electrons. The van der Waals surface area contributed by atoms with Gasteiger partial charge < -0.3 is 10.2 Å². The van der Waals surface area contributed by atoms with Gasteiger partial charge in [-0.25, -0.2) is 0 Å². The predicted molar refractivity (Wildman–Crippen MR) is 67.8 cm³/mol. The molecule has 1 aromatic carbocycles. The number of amides is 1. The van der Waals surface area contributed by atoms with Crippen LogP contribution in [0, 0.1) is 5.92 Å². The quantitative estimate of drug-likeness (QED) is 0.845. The number of hydrogen-bond donors (Lipinski definition) is 1. The molecule has 0 aliphatic carbocycles. The van der Waals surface area contributed by atoms with Crippen LogP contribution in [-0.2, 0) is 0 Å². The van der Waals surface area contributed by atoms with Crippen LogP contribution in [0.1, 0.15) is 24.2 Å². The van der Waals surface area contributed by atoms with Crippen molar-refractivity contribution in [3.63, 3.8) is 0 Å². The maximum Gasteiger partial charge on any atom is 0.253 e. The van der Waals surface area contributed by atoms with Crippen LogP contribution in [0.25, 0.3) is 0 Å². The summed E-state index contributed by atoms with van der Waals surface area (Å²) in [5.74, 6) is 0.651. The number of carbonyl (C=O) groups excluding carboxylic acids is 1. The molecule has 0 saturated heterocycles. The highest BCUT2D eigenvalue weighted by Gasteiger charge is 2.06. The maximum absolute atomic E-state index is 11.6. The van der Waals surface area contributed by atoms with E-state index in [0.29, 0.717) is 5.92 Å². The van der Waals surface area contributed by atoms with Gasteiger partial charge in [0.05, 0.1) is 0 Å². The predicted octanol–water partition coefficient (Wildman–Crippen LogP) is 2.46. The zero-order valence-electron chi connectivity index (χ0n) is 10.4. The molecule has 1 rings (SSSR count). The summed E-state index contributed by atoms with van der Waals surface area (Å²) in [7, 11) is 3.51. The first-order valence-electron chi connectivity index (χ1n) is 5.56. The molecule has 0 bridgehead atoms. The number of nitrogens with zero attached hydrogens (tertiary/aromatic N) is 1. The van der Waals surface area contributed by atoms with E-state index in [4.69, 9.17) is 0 Å². The minimum Gasteiger partial charge on any atom is -0.385 e. The largest absolute Gasteiger partial charge is 0.385 e. The van der Waals surface area contributed by atoms with Gasteiger partial charge in [-0.3, -0.25) is 4.79 Å². The Bertz CT molecular complexity index is 341. The number of benzene rings is 1. The molecule has 0 fully saturated rings. The van der Waals surface area contributed by atoms with Crippen molar-refractivity contribution in [1.29, 1.82) is 0 Å². The summed E-state index contributed by atoms with van der Waals surface area (Å²) < 4.78 is 0. The molecular weight excluding hydrogens is 200 g/mol. The van der Waals surface area contributed by atoms with E-state index in [1.54, 1.807) is 19.0 Å². The Balaban J connectivity index is 2.64. The van der Waals surface area contributed by atoms with Crippen LogP contribution in [-0.4, -0.2) is 31.4 Å². The molecule has 0 unspecified atom stereocenters. The van der Waals surface area contributed by atoms with Crippen molar-refractivity contribution in [2.75, 3.05) is 26.0 Å². The Kier molecular flexibility index (Phi) is 4.35. The summed E-state index contributed by atoms with van der Waals surface area (Å²) >= 11 is 0. The van der Waals surface area contributed by atoms with E-state index in [1.807, 2.05) is 24.3 Å². The fourth-order valence-electron chi connectivity index (χ4n) is 1.31. The molecule has 0 heterocycles. The summed E-state index contributed by atoms with van der Waals surface area (Å²) in [4.78, 5) is 13.2. The first-order valence-corrected chi connectivity index (χ1v) is 5.56. The van der Waals surface area contributed by atoms with E-state index in [1.165, 1.54) is 0 Å². The van der Waals surface area contributed by atoms with Gasteiger partial charge in [-0.15, -0.1) is 0 Å². The molecule has 3 heteroatoms. The maximum atomic E-state index is 11.6. The van der Waals surface area contributed by atoms with Crippen molar-refractivity contribution in [3.8, 4) is 0 Å². The summed E-state index contributed by atoms with van der Waals surface area (Å²) in [6, 6.07) is 7.59. The molecule has 3 nitrogen and oxygen atoms in total. The van der Waals surface area contributed by atoms with Crippen molar-refractivity contribution in [2.24, 2.45) is 5.92 Å². The van der Waals surface area contributed by atoms with Crippen LogP contribution in [0.4, 0.5) is 5.69 Å². The average Bonchev–Trinajstić information content (AvgIpc) is 2.26. The van der Waals surface area contributed by atoms with Gasteiger partial charge in [0.2, 0.25) is 0 Å². The Morgan fingerprint density at radius 3 is 2.25 bits per heavy atom. The Morgan fingerprint density at radius 1 is 1.25 bits per heavy atom. The van der Waals surface area contributed by atoms with Crippen molar-refractivity contribution >= 4 is 11.6 Å². The van der Waals surface area contributed by atoms with Gasteiger partial charge in [0.15, 0.2) is 0 Å². The van der Waals surface area contributed by atoms with Gasteiger partial charge in [-0.05, 0) is 30.2 Å². The van der Waals surface area contributed by atoms with Gasteiger partial charge >= 0.3 is 0 Å². The van der Waals surface area contributed by atoms with Gasteiger partial charge in [0.1, 0.15) is 0 Å². The average molecular weight is 220 g/mol. The number of rotatable bonds is 4. The smallest absolute Gasteiger partial charge is 0.253 e. The second kappa shape index (κ2) is 5.54. The van der Waals surface area contributed by atoms with E-state index in [2.05, 4.69) is 19.2 Å². The monoisotopic (exact) mass is 220 g/mol. The second-order valence-corrected chi connectivity index (χ2v) is 4.55. The lowest BCUT2D eigenvalue weighted by molar-refractivity contribution is 0.0827. The van der Waals surface area contributed by atoms with E-state index >= 15 is 0 Å². The summed E-state index contributed by atoms with van der Waals surface area (Å²) in [6.45, 7) is 5.27. The van der Waals surface area contributed by atoms with Crippen LogP contribution in [0.5, 0.6) is 0 Å². The molecule has 0 spiro atoms. The number of hydrogen-bond acceptors (Lipinski definition) is 2. The molecule has 0 aliphatic rings. The molecule has 0 radical (unpaired) electrons. The molecule has 0 atom stereocenters. The first-order chi connectivity index (χ1) is 7.50. The lowest BCUT2D eigenvalue weighted by Crippen LogP contribution is -2.21. The van der Waals surface area contributed by atoms with E-state index in [-0.39, 0.29) is 5.91 Å². The summed E-state index contributed by atoms with van der Waals surface area (Å²) in [5, 5.41) is 3.31. The second-order valence-electron chi connectivity index (χ2n) is 4.55. The highest BCUT2D eigenvalue weighted by Crippen LogP contribution is 2.11. The minimum atomic E-state index is 0.0374. The molecule has 1 aromatic rings. The third-order valence-corrected chi connectivity index (χ3v) is 2.25. The lowest BCUT2D eigenvalue weighted by atomic mass is 10.1. The highest BCUT2D eigenvalue weighted by atomic mass is 16.2. The standard InChI is InChI=1S/C13H20N2O/c1-10(2)9-14-12-7-5-11(6-8-12)13(16)15(3)4/h5-8,10,14H,9H2,1-4H3. The zero-order chi connectivity index (χ0) is 12.1. The van der Waals surface area contributed by atoms with Gasteiger partial charge in [-0.2, -0.15) is 0 Å². The molecular formula is C13H20N2O. The molecule has 0 aliphatic heterocycles. The van der Waals surface area contributed by atoms with Crippen molar-refractivity contribution in [2.45, 2.75) is 13.8 Å². The number of nitrogens with one attached hydrogen (secondary N) is 1. The van der Waals surface area contributed by atoms with Crippen molar-refractivity contribution in [1.82, 2.24) is 4.90 Å². The summed E-state index contributed by atoms with van der Waals surface area (Å²) in [5.41, 5.74) is 1.78. The SMILES string of the molecule is CC(C)CNc1ccc(C(=O)N(C)C)cc1. The van der Waals surface area contributed by atoms with Gasteiger partial charge in [0.25, 0.3) is 5.91 Å². The third kappa shape index (κ3) is 3.57. The van der Waals surface area contributed by atoms with Gasteiger partial charge in [0, 0.05) is 31.9 Å².